The second-order valence-electron chi connectivity index (χ2n) is 6.79. The number of nitrogens with two attached hydrogens (primary N) is 1. The van der Waals surface area contributed by atoms with Gasteiger partial charge in [-0.2, -0.15) is 5.10 Å². The van der Waals surface area contributed by atoms with Crippen LogP contribution in [0.25, 0.3) is 23.1 Å². The normalized spacial score (nSPS) is 12.1. The van der Waals surface area contributed by atoms with Crippen LogP contribution in [0.3, 0.4) is 0 Å². The predicted molar refractivity (Wildman–Crippen MR) is 114 cm³/mol. The molecule has 0 spiro atoms. The van der Waals surface area contributed by atoms with Gasteiger partial charge in [-0.3, -0.25) is 19.5 Å². The molecule has 0 saturated carbocycles. The number of nitrogens with zero attached hydrogens (tertiary/aromatic N) is 1. The lowest BCUT2D eigenvalue weighted by molar-refractivity contribution is -0.119. The summed E-state index contributed by atoms with van der Waals surface area (Å²) in [6.07, 6.45) is 3.64. The summed E-state index contributed by atoms with van der Waals surface area (Å²) in [4.78, 5) is 35.3. The van der Waals surface area contributed by atoms with Gasteiger partial charge in [-0.05, 0) is 37.6 Å². The second kappa shape index (κ2) is 8.60. The van der Waals surface area contributed by atoms with E-state index < -0.39 is 17.9 Å². The lowest BCUT2D eigenvalue weighted by Gasteiger charge is -2.13. The first-order valence-electron chi connectivity index (χ1n) is 9.26. The van der Waals surface area contributed by atoms with Crippen molar-refractivity contribution < 1.29 is 19.1 Å². The molecule has 0 aliphatic rings. The number of hydrogen-bond acceptors (Lipinski definition) is 5. The molecule has 3 rings (SSSR count). The minimum atomic E-state index is -0.820. The van der Waals surface area contributed by atoms with Crippen molar-refractivity contribution in [2.45, 2.75) is 19.9 Å². The van der Waals surface area contributed by atoms with Crippen LogP contribution in [-0.4, -0.2) is 40.9 Å². The number of primary amides is 1. The fourth-order valence-corrected chi connectivity index (χ4v) is 2.97. The summed E-state index contributed by atoms with van der Waals surface area (Å²) >= 11 is 0. The van der Waals surface area contributed by atoms with Crippen LogP contribution >= 0.6 is 0 Å². The molecule has 1 aromatic heterocycles. The molecule has 8 nitrogen and oxygen atoms in total. The topological polar surface area (TPSA) is 127 Å². The first-order chi connectivity index (χ1) is 14.3. The van der Waals surface area contributed by atoms with Crippen molar-refractivity contribution in [3.63, 3.8) is 0 Å². The molecule has 1 unspecified atom stereocenters. The van der Waals surface area contributed by atoms with Gasteiger partial charge in [0.05, 0.1) is 29.3 Å². The Labute approximate surface area is 173 Å². The smallest absolute Gasteiger partial charge is 0.255 e. The summed E-state index contributed by atoms with van der Waals surface area (Å²) < 4.78 is 5.51. The van der Waals surface area contributed by atoms with Gasteiger partial charge in [0.1, 0.15) is 11.8 Å². The number of hydrogen-bond donors (Lipinski definition) is 3. The van der Waals surface area contributed by atoms with Crippen LogP contribution in [0, 0.1) is 0 Å². The van der Waals surface area contributed by atoms with Crippen molar-refractivity contribution in [3.05, 3.63) is 58.8 Å². The zero-order valence-electron chi connectivity index (χ0n) is 16.9. The number of H-pyrrole nitrogens is 1. The molecular weight excluding hydrogens is 384 g/mol. The largest absolute Gasteiger partial charge is 0.495 e. The predicted octanol–water partition coefficient (Wildman–Crippen LogP) is 2.55. The summed E-state index contributed by atoms with van der Waals surface area (Å²) in [6, 6.07) is 9.68. The number of ether oxygens (including phenoxy) is 1. The van der Waals surface area contributed by atoms with Crippen LogP contribution in [0.1, 0.15) is 45.8 Å². The minimum absolute atomic E-state index is 0.00465. The van der Waals surface area contributed by atoms with Crippen LogP contribution < -0.4 is 15.8 Å². The van der Waals surface area contributed by atoms with Gasteiger partial charge in [-0.25, -0.2) is 0 Å². The van der Waals surface area contributed by atoms with E-state index in [1.807, 2.05) is 18.2 Å². The van der Waals surface area contributed by atoms with Crippen molar-refractivity contribution >= 4 is 40.7 Å². The molecule has 3 aromatic rings. The zero-order chi connectivity index (χ0) is 21.8. The molecule has 154 valence electrons. The fourth-order valence-electron chi connectivity index (χ4n) is 2.97. The number of methoxy groups -OCH3 is 1. The number of carbonyl (C=O) groups is 3. The van der Waals surface area contributed by atoms with Crippen molar-refractivity contribution in [2.24, 2.45) is 5.73 Å². The minimum Gasteiger partial charge on any atom is -0.495 e. The molecule has 0 saturated heterocycles. The Morgan fingerprint density at radius 1 is 1.13 bits per heavy atom. The van der Waals surface area contributed by atoms with Gasteiger partial charge in [0.25, 0.3) is 5.91 Å². The third-order valence-corrected chi connectivity index (χ3v) is 4.68. The molecule has 0 bridgehead atoms. The molecule has 0 radical (unpaired) electrons. The Bertz CT molecular complexity index is 1150. The van der Waals surface area contributed by atoms with Crippen LogP contribution in [0.2, 0.25) is 0 Å². The fraction of sp³-hybridized carbons (Fsp3) is 0.182. The first kappa shape index (κ1) is 20.8. The Balaban J connectivity index is 1.97. The van der Waals surface area contributed by atoms with Crippen molar-refractivity contribution in [1.29, 1.82) is 0 Å². The Morgan fingerprint density at radius 2 is 1.83 bits per heavy atom. The monoisotopic (exact) mass is 406 g/mol. The van der Waals surface area contributed by atoms with E-state index in [4.69, 9.17) is 10.5 Å². The summed E-state index contributed by atoms with van der Waals surface area (Å²) in [6.45, 7) is 3.03. The number of amides is 2. The maximum absolute atomic E-state index is 12.6. The molecular formula is C22H22N4O4. The molecule has 4 N–H and O–H groups in total. The van der Waals surface area contributed by atoms with Gasteiger partial charge >= 0.3 is 0 Å². The molecule has 0 aliphatic heterocycles. The molecule has 1 atom stereocenters. The van der Waals surface area contributed by atoms with Crippen LogP contribution in [-0.2, 0) is 4.79 Å². The van der Waals surface area contributed by atoms with E-state index in [0.717, 1.165) is 5.56 Å². The standard InChI is InChI=1S/C22H22N4O4/c1-12(21(23)28)24-22(29)16-9-11-18-19(20(16)30-3)17(25-26-18)10-6-14-4-7-15(8-5-14)13(2)27/h4-12H,1-3H3,(H2,23,28)(H,24,29)(H,25,26)/b10-6+. The van der Waals surface area contributed by atoms with Crippen molar-refractivity contribution in [3.8, 4) is 5.75 Å². The molecule has 8 heteroatoms. The molecule has 0 fully saturated rings. The number of aromatic nitrogens is 2. The molecule has 2 aromatic carbocycles. The third-order valence-electron chi connectivity index (χ3n) is 4.68. The highest BCUT2D eigenvalue weighted by molar-refractivity contribution is 6.06. The number of nitrogens with one attached hydrogen (secondary N) is 2. The number of benzene rings is 2. The van der Waals surface area contributed by atoms with E-state index >= 15 is 0 Å². The van der Waals surface area contributed by atoms with Gasteiger partial charge in [-0.1, -0.05) is 30.3 Å². The Hall–Kier alpha value is -3.94. The van der Waals surface area contributed by atoms with E-state index in [-0.39, 0.29) is 11.3 Å². The Morgan fingerprint density at radius 3 is 2.43 bits per heavy atom. The maximum Gasteiger partial charge on any atom is 0.255 e. The van der Waals surface area contributed by atoms with Crippen LogP contribution in [0.4, 0.5) is 0 Å². The average Bonchev–Trinajstić information content (AvgIpc) is 3.14. The van der Waals surface area contributed by atoms with Gasteiger partial charge in [-0.15, -0.1) is 0 Å². The summed E-state index contributed by atoms with van der Waals surface area (Å²) in [5.41, 5.74) is 8.29. The van der Waals surface area contributed by atoms with E-state index in [9.17, 15) is 14.4 Å². The van der Waals surface area contributed by atoms with Crippen LogP contribution in [0.5, 0.6) is 5.75 Å². The number of aromatic amines is 1. The number of ketones is 1. The zero-order valence-corrected chi connectivity index (χ0v) is 16.9. The van der Waals surface area contributed by atoms with E-state index in [1.54, 1.807) is 30.3 Å². The molecule has 0 aliphatic carbocycles. The second-order valence-corrected chi connectivity index (χ2v) is 6.79. The van der Waals surface area contributed by atoms with Gasteiger partial charge in [0.2, 0.25) is 5.91 Å². The molecule has 1 heterocycles. The third kappa shape index (κ3) is 4.22. The number of carbonyl (C=O) groups excluding carboxylic acids is 3. The number of rotatable bonds is 7. The quantitative estimate of drug-likeness (QED) is 0.520. The molecule has 2 amide bonds. The summed E-state index contributed by atoms with van der Waals surface area (Å²) in [7, 11) is 1.46. The van der Waals surface area contributed by atoms with Crippen LogP contribution in [0.15, 0.2) is 36.4 Å². The summed E-state index contributed by atoms with van der Waals surface area (Å²) in [5.74, 6) is -0.769. The first-order valence-corrected chi connectivity index (χ1v) is 9.26. The van der Waals surface area contributed by atoms with E-state index in [0.29, 0.717) is 27.9 Å². The highest BCUT2D eigenvalue weighted by Crippen LogP contribution is 2.32. The maximum atomic E-state index is 12.6. The van der Waals surface area contributed by atoms with Gasteiger partial charge < -0.3 is 15.8 Å². The number of Topliss-reactive ketones (excluding diaryl/α,β-unsaturated/α-hetero) is 1. The average molecular weight is 406 g/mol. The van der Waals surface area contributed by atoms with Gasteiger partial charge in [0, 0.05) is 5.56 Å². The summed E-state index contributed by atoms with van der Waals surface area (Å²) in [5, 5.41) is 10.4. The SMILES string of the molecule is COc1c(C(=O)NC(C)C(N)=O)ccc2[nH]nc(/C=C/c3ccc(C(C)=O)cc3)c12. The van der Waals surface area contributed by atoms with Gasteiger partial charge in [0.15, 0.2) is 5.78 Å². The highest BCUT2D eigenvalue weighted by Gasteiger charge is 2.21. The Kier molecular flexibility index (Phi) is 5.96. The van der Waals surface area contributed by atoms with Crippen molar-refractivity contribution in [2.75, 3.05) is 7.11 Å². The highest BCUT2D eigenvalue weighted by atomic mass is 16.5. The lowest BCUT2D eigenvalue weighted by atomic mass is 10.1. The molecule has 30 heavy (non-hydrogen) atoms. The van der Waals surface area contributed by atoms with E-state index in [1.165, 1.54) is 21.0 Å². The number of fused-ring (bicyclic) bond motifs is 1. The van der Waals surface area contributed by atoms with Crippen molar-refractivity contribution in [1.82, 2.24) is 15.5 Å². The van der Waals surface area contributed by atoms with E-state index in [2.05, 4.69) is 15.5 Å². The lowest BCUT2D eigenvalue weighted by Crippen LogP contribution is -2.42.